The summed E-state index contributed by atoms with van der Waals surface area (Å²) < 4.78 is 13.7. The molecule has 0 unspecified atom stereocenters. The molecule has 1 aromatic carbocycles. The summed E-state index contributed by atoms with van der Waals surface area (Å²) >= 11 is 3.59. The molecule has 1 aromatic heterocycles. The molecule has 0 saturated carbocycles. The number of rotatable bonds is 3. The molecule has 2 aromatic rings. The molecule has 0 atom stereocenters. The lowest BCUT2D eigenvalue weighted by Crippen LogP contribution is -2.10. The van der Waals surface area contributed by atoms with E-state index in [2.05, 4.69) is 26.2 Å². The van der Waals surface area contributed by atoms with Gasteiger partial charge in [-0.25, -0.2) is 4.98 Å². The topological polar surface area (TPSA) is 48.3 Å². The van der Waals surface area contributed by atoms with Crippen molar-refractivity contribution in [3.8, 4) is 22.8 Å². The number of aromatic nitrogens is 2. The minimum absolute atomic E-state index is 0.285. The second kappa shape index (κ2) is 4.86. The Hall–Kier alpha value is -1.53. The van der Waals surface area contributed by atoms with E-state index in [0.29, 0.717) is 0 Å². The Morgan fingerprint density at radius 1 is 1.37 bits per heavy atom. The van der Waals surface area contributed by atoms with Crippen molar-refractivity contribution in [2.24, 2.45) is 7.05 Å². The molecule has 0 fully saturated rings. The molecule has 19 heavy (non-hydrogen) atoms. The van der Waals surface area contributed by atoms with E-state index in [9.17, 15) is 0 Å². The number of nitrogens with one attached hydrogen (secondary N) is 1. The summed E-state index contributed by atoms with van der Waals surface area (Å²) in [4.78, 5) is 4.65. The Bertz CT molecular complexity index is 625. The predicted octanol–water partition coefficient (Wildman–Crippen LogP) is 2.30. The van der Waals surface area contributed by atoms with Crippen molar-refractivity contribution in [3.05, 3.63) is 28.6 Å². The molecule has 1 aliphatic heterocycles. The summed E-state index contributed by atoms with van der Waals surface area (Å²) in [5, 5.41) is 3.11. The fraction of sp³-hybridized carbons (Fsp3) is 0.308. The SMILES string of the molecule is CNCc1nc(-c2ccc3c(c2)OCO3)c(Br)n1C. The zero-order valence-electron chi connectivity index (χ0n) is 10.7. The molecular weight excluding hydrogens is 310 g/mol. The number of hydrogen-bond donors (Lipinski definition) is 1. The second-order valence-electron chi connectivity index (χ2n) is 4.32. The number of ether oxygens (including phenoxy) is 2. The highest BCUT2D eigenvalue weighted by molar-refractivity contribution is 9.10. The van der Waals surface area contributed by atoms with Crippen LogP contribution in [-0.4, -0.2) is 23.4 Å². The third-order valence-electron chi connectivity index (χ3n) is 3.10. The minimum Gasteiger partial charge on any atom is -0.454 e. The van der Waals surface area contributed by atoms with Gasteiger partial charge in [-0.2, -0.15) is 0 Å². The lowest BCUT2D eigenvalue weighted by Gasteiger charge is -2.01. The normalized spacial score (nSPS) is 13.0. The van der Waals surface area contributed by atoms with Crippen molar-refractivity contribution in [1.29, 1.82) is 0 Å². The average Bonchev–Trinajstić information content (AvgIpc) is 2.98. The van der Waals surface area contributed by atoms with E-state index in [1.807, 2.05) is 36.9 Å². The highest BCUT2D eigenvalue weighted by Gasteiger charge is 2.18. The highest BCUT2D eigenvalue weighted by Crippen LogP contribution is 2.37. The van der Waals surface area contributed by atoms with Gasteiger partial charge in [0, 0.05) is 12.6 Å². The van der Waals surface area contributed by atoms with Gasteiger partial charge in [0.05, 0.1) is 6.54 Å². The Balaban J connectivity index is 2.04. The summed E-state index contributed by atoms with van der Waals surface area (Å²) in [7, 11) is 3.89. The van der Waals surface area contributed by atoms with Crippen LogP contribution in [0, 0.1) is 0 Å². The van der Waals surface area contributed by atoms with E-state index in [1.54, 1.807) is 0 Å². The van der Waals surface area contributed by atoms with Crippen LogP contribution in [0.5, 0.6) is 11.5 Å². The summed E-state index contributed by atoms with van der Waals surface area (Å²) in [6.07, 6.45) is 0. The van der Waals surface area contributed by atoms with Crippen LogP contribution in [0.4, 0.5) is 0 Å². The smallest absolute Gasteiger partial charge is 0.231 e. The van der Waals surface area contributed by atoms with E-state index < -0.39 is 0 Å². The Morgan fingerprint density at radius 3 is 2.95 bits per heavy atom. The predicted molar refractivity (Wildman–Crippen MR) is 75.2 cm³/mol. The summed E-state index contributed by atoms with van der Waals surface area (Å²) in [5.74, 6) is 2.53. The number of halogens is 1. The first-order valence-electron chi connectivity index (χ1n) is 5.96. The first-order valence-corrected chi connectivity index (χ1v) is 6.75. The lowest BCUT2D eigenvalue weighted by molar-refractivity contribution is 0.174. The number of benzene rings is 1. The van der Waals surface area contributed by atoms with Gasteiger partial charge < -0.3 is 19.4 Å². The first-order chi connectivity index (χ1) is 9.20. The molecule has 0 bridgehead atoms. The molecule has 0 aliphatic carbocycles. The number of nitrogens with zero attached hydrogens (tertiary/aromatic N) is 2. The third kappa shape index (κ3) is 2.11. The van der Waals surface area contributed by atoms with Crippen molar-refractivity contribution in [2.45, 2.75) is 6.54 Å². The molecule has 0 radical (unpaired) electrons. The summed E-state index contributed by atoms with van der Waals surface area (Å²) in [6, 6.07) is 5.86. The molecule has 1 N–H and O–H groups in total. The van der Waals surface area contributed by atoms with Gasteiger partial charge in [0.15, 0.2) is 11.5 Å². The fourth-order valence-corrected chi connectivity index (χ4v) is 2.59. The van der Waals surface area contributed by atoms with Crippen molar-refractivity contribution in [3.63, 3.8) is 0 Å². The Labute approximate surface area is 119 Å². The van der Waals surface area contributed by atoms with Crippen molar-refractivity contribution in [1.82, 2.24) is 14.9 Å². The number of imidazole rings is 1. The second-order valence-corrected chi connectivity index (χ2v) is 5.08. The average molecular weight is 324 g/mol. The van der Waals surface area contributed by atoms with E-state index in [4.69, 9.17) is 9.47 Å². The third-order valence-corrected chi connectivity index (χ3v) is 4.01. The number of fused-ring (bicyclic) bond motifs is 1. The van der Waals surface area contributed by atoms with E-state index in [1.165, 1.54) is 0 Å². The van der Waals surface area contributed by atoms with Crippen LogP contribution in [-0.2, 0) is 13.6 Å². The number of hydrogen-bond acceptors (Lipinski definition) is 4. The standard InChI is InChI=1S/C13H14BrN3O2/c1-15-6-11-16-12(13(14)17(11)2)8-3-4-9-10(5-8)19-7-18-9/h3-5,15H,6-7H2,1-2H3. The highest BCUT2D eigenvalue weighted by atomic mass is 79.9. The van der Waals surface area contributed by atoms with Crippen molar-refractivity contribution >= 4 is 15.9 Å². The Morgan fingerprint density at radius 2 is 2.16 bits per heavy atom. The van der Waals surface area contributed by atoms with Crippen LogP contribution >= 0.6 is 15.9 Å². The van der Waals surface area contributed by atoms with Gasteiger partial charge in [-0.1, -0.05) is 0 Å². The van der Waals surface area contributed by atoms with E-state index in [0.717, 1.165) is 39.7 Å². The maximum Gasteiger partial charge on any atom is 0.231 e. The van der Waals surface area contributed by atoms with Gasteiger partial charge >= 0.3 is 0 Å². The molecule has 0 spiro atoms. The minimum atomic E-state index is 0.285. The largest absolute Gasteiger partial charge is 0.454 e. The van der Waals surface area contributed by atoms with E-state index in [-0.39, 0.29) is 6.79 Å². The van der Waals surface area contributed by atoms with Crippen molar-refractivity contribution < 1.29 is 9.47 Å². The van der Waals surface area contributed by atoms with Crippen LogP contribution in [0.2, 0.25) is 0 Å². The van der Waals surface area contributed by atoms with Gasteiger partial charge in [-0.15, -0.1) is 0 Å². The molecule has 0 amide bonds. The van der Waals surface area contributed by atoms with Gasteiger partial charge in [0.25, 0.3) is 0 Å². The van der Waals surface area contributed by atoms with E-state index >= 15 is 0 Å². The molecule has 1 aliphatic rings. The molecule has 5 nitrogen and oxygen atoms in total. The Kier molecular flexibility index (Phi) is 3.20. The van der Waals surface area contributed by atoms with Crippen molar-refractivity contribution in [2.75, 3.05) is 13.8 Å². The fourth-order valence-electron chi connectivity index (χ4n) is 2.07. The van der Waals surface area contributed by atoms with Crippen LogP contribution in [0.15, 0.2) is 22.8 Å². The van der Waals surface area contributed by atoms with Gasteiger partial charge in [-0.05, 0) is 41.2 Å². The zero-order chi connectivity index (χ0) is 13.4. The van der Waals surface area contributed by atoms with Gasteiger partial charge in [-0.3, -0.25) is 0 Å². The summed E-state index contributed by atoms with van der Waals surface area (Å²) in [5.41, 5.74) is 1.92. The summed E-state index contributed by atoms with van der Waals surface area (Å²) in [6.45, 7) is 1.01. The van der Waals surface area contributed by atoms with Gasteiger partial charge in [0.2, 0.25) is 6.79 Å². The van der Waals surface area contributed by atoms with Gasteiger partial charge in [0.1, 0.15) is 16.1 Å². The molecule has 0 saturated heterocycles. The molecule has 2 heterocycles. The monoisotopic (exact) mass is 323 g/mol. The molecular formula is C13H14BrN3O2. The zero-order valence-corrected chi connectivity index (χ0v) is 12.3. The quantitative estimate of drug-likeness (QED) is 0.941. The molecule has 3 rings (SSSR count). The molecule has 100 valence electrons. The van der Waals surface area contributed by atoms with Crippen LogP contribution in [0.3, 0.4) is 0 Å². The van der Waals surface area contributed by atoms with Crippen LogP contribution < -0.4 is 14.8 Å². The molecule has 6 heteroatoms. The first kappa shape index (κ1) is 12.5. The lowest BCUT2D eigenvalue weighted by atomic mass is 10.1. The maximum atomic E-state index is 5.40. The maximum absolute atomic E-state index is 5.40. The van der Waals surface area contributed by atoms with Crippen LogP contribution in [0.1, 0.15) is 5.82 Å². The van der Waals surface area contributed by atoms with Crippen LogP contribution in [0.25, 0.3) is 11.3 Å².